The predicted octanol–water partition coefficient (Wildman–Crippen LogP) is 1.24. The number of carbonyl (C=O) groups is 2. The normalized spacial score (nSPS) is 8.12. The minimum atomic E-state index is -1.23. The molecule has 0 radical (unpaired) electrons. The van der Waals surface area contributed by atoms with Crippen LogP contribution >= 0.6 is 0 Å². The molecule has 0 aliphatic rings. The lowest BCUT2D eigenvalue weighted by molar-refractivity contribution is 0.0651. The van der Waals surface area contributed by atoms with Gasteiger partial charge in [0.15, 0.2) is 0 Å². The first-order valence-electron chi connectivity index (χ1n) is 4.21. The van der Waals surface area contributed by atoms with Gasteiger partial charge in [0.2, 0.25) is 0 Å². The monoisotopic (exact) mass is 229 g/mol. The molecule has 0 amide bonds. The Hall–Kier alpha value is -1.92. The molecule has 1 aromatic carbocycles. The van der Waals surface area contributed by atoms with Crippen LogP contribution in [0.15, 0.2) is 24.3 Å². The highest BCUT2D eigenvalue weighted by atomic mass is 16.4. The van der Waals surface area contributed by atoms with Crippen LogP contribution in [0, 0.1) is 0 Å². The van der Waals surface area contributed by atoms with Crippen molar-refractivity contribution in [2.24, 2.45) is 0 Å². The summed E-state index contributed by atoms with van der Waals surface area (Å²) < 4.78 is 0. The van der Waals surface area contributed by atoms with Gasteiger partial charge < -0.3 is 21.5 Å². The number of hydrogen-bond acceptors (Lipinski definition) is 4. The van der Waals surface area contributed by atoms with E-state index in [2.05, 4.69) is 0 Å². The second-order valence-electron chi connectivity index (χ2n) is 2.47. The Morgan fingerprint density at radius 1 is 1.06 bits per heavy atom. The standard InChI is InChI=1S/C8H6O4.C2H6O.H3N/c9-7(10)5-3-1-2-4-6(5)8(11)12;1-2-3;/h1-4H,(H,9,10)(H,11,12);3H,2H2,1H3;1H3. The van der Waals surface area contributed by atoms with E-state index in [9.17, 15) is 9.59 Å². The highest BCUT2D eigenvalue weighted by Gasteiger charge is 2.13. The third-order valence-corrected chi connectivity index (χ3v) is 1.39. The van der Waals surface area contributed by atoms with Gasteiger partial charge in [-0.15, -0.1) is 0 Å². The Morgan fingerprint density at radius 2 is 1.31 bits per heavy atom. The van der Waals surface area contributed by atoms with E-state index in [1.807, 2.05) is 0 Å². The van der Waals surface area contributed by atoms with Gasteiger partial charge in [0.25, 0.3) is 0 Å². The molecule has 1 aromatic rings. The van der Waals surface area contributed by atoms with E-state index in [4.69, 9.17) is 15.3 Å². The van der Waals surface area contributed by atoms with E-state index in [0.29, 0.717) is 0 Å². The first-order valence-corrected chi connectivity index (χ1v) is 4.21. The van der Waals surface area contributed by atoms with Gasteiger partial charge in [-0.3, -0.25) is 0 Å². The second kappa shape index (κ2) is 8.39. The van der Waals surface area contributed by atoms with E-state index in [1.54, 1.807) is 6.92 Å². The maximum atomic E-state index is 10.5. The number of carboxylic acids is 2. The second-order valence-corrected chi connectivity index (χ2v) is 2.47. The van der Waals surface area contributed by atoms with Crippen LogP contribution in [-0.4, -0.2) is 33.9 Å². The summed E-state index contributed by atoms with van der Waals surface area (Å²) in [7, 11) is 0. The smallest absolute Gasteiger partial charge is 0.336 e. The zero-order valence-corrected chi connectivity index (χ0v) is 8.88. The topological polar surface area (TPSA) is 130 Å². The van der Waals surface area contributed by atoms with Crippen molar-refractivity contribution in [1.82, 2.24) is 6.15 Å². The van der Waals surface area contributed by atoms with Crippen LogP contribution in [0.5, 0.6) is 0 Å². The van der Waals surface area contributed by atoms with E-state index < -0.39 is 11.9 Å². The SMILES string of the molecule is CCO.N.O=C(O)c1ccccc1C(=O)O. The Morgan fingerprint density at radius 3 is 1.50 bits per heavy atom. The largest absolute Gasteiger partial charge is 0.478 e. The molecule has 0 saturated carbocycles. The number of benzene rings is 1. The number of rotatable bonds is 2. The predicted molar refractivity (Wildman–Crippen MR) is 58.1 cm³/mol. The van der Waals surface area contributed by atoms with Gasteiger partial charge >= 0.3 is 11.9 Å². The Bertz CT molecular complexity index is 318. The first kappa shape index (κ1) is 16.5. The minimum Gasteiger partial charge on any atom is -0.478 e. The lowest BCUT2D eigenvalue weighted by atomic mass is 10.1. The fourth-order valence-corrected chi connectivity index (χ4v) is 0.856. The molecule has 0 aliphatic heterocycles. The summed E-state index contributed by atoms with van der Waals surface area (Å²) in [5.74, 6) is -2.46. The lowest BCUT2D eigenvalue weighted by Crippen LogP contribution is -2.06. The minimum absolute atomic E-state index is 0. The van der Waals surface area contributed by atoms with Crippen molar-refractivity contribution in [3.8, 4) is 0 Å². The van der Waals surface area contributed by atoms with Gasteiger partial charge in [-0.25, -0.2) is 9.59 Å². The molecular formula is C10H15NO5. The van der Waals surface area contributed by atoms with Crippen LogP contribution < -0.4 is 6.15 Å². The zero-order chi connectivity index (χ0) is 11.8. The summed E-state index contributed by atoms with van der Waals surface area (Å²) in [6.07, 6.45) is 0. The molecular weight excluding hydrogens is 214 g/mol. The molecule has 90 valence electrons. The molecule has 6 heteroatoms. The van der Waals surface area contributed by atoms with Crippen molar-refractivity contribution in [2.45, 2.75) is 6.92 Å². The van der Waals surface area contributed by atoms with Gasteiger partial charge in [-0.1, -0.05) is 12.1 Å². The van der Waals surface area contributed by atoms with Gasteiger partial charge in [0.1, 0.15) is 0 Å². The lowest BCUT2D eigenvalue weighted by Gasteiger charge is -1.98. The van der Waals surface area contributed by atoms with Crippen molar-refractivity contribution in [3.63, 3.8) is 0 Å². The highest BCUT2D eigenvalue weighted by Crippen LogP contribution is 2.07. The Labute approximate surface area is 92.7 Å². The molecule has 0 aliphatic carbocycles. The third kappa shape index (κ3) is 5.08. The molecule has 6 nitrogen and oxygen atoms in total. The van der Waals surface area contributed by atoms with Crippen LogP contribution in [0.25, 0.3) is 0 Å². The molecule has 0 aromatic heterocycles. The summed E-state index contributed by atoms with van der Waals surface area (Å²) in [5, 5.41) is 24.7. The van der Waals surface area contributed by atoms with Crippen molar-refractivity contribution in [3.05, 3.63) is 35.4 Å². The van der Waals surface area contributed by atoms with E-state index in [0.717, 1.165) is 0 Å². The third-order valence-electron chi connectivity index (χ3n) is 1.39. The Kier molecular flexibility index (Phi) is 8.66. The van der Waals surface area contributed by atoms with Gasteiger partial charge in [-0.05, 0) is 19.1 Å². The van der Waals surface area contributed by atoms with Crippen molar-refractivity contribution in [1.29, 1.82) is 0 Å². The average Bonchev–Trinajstić information content (AvgIpc) is 2.19. The fourth-order valence-electron chi connectivity index (χ4n) is 0.856. The van der Waals surface area contributed by atoms with Gasteiger partial charge in [0, 0.05) is 6.61 Å². The molecule has 0 fully saturated rings. The molecule has 0 unspecified atom stereocenters. The molecule has 16 heavy (non-hydrogen) atoms. The van der Waals surface area contributed by atoms with Gasteiger partial charge in [-0.2, -0.15) is 0 Å². The van der Waals surface area contributed by atoms with Crippen molar-refractivity contribution < 1.29 is 24.9 Å². The maximum Gasteiger partial charge on any atom is 0.336 e. The van der Waals surface area contributed by atoms with E-state index in [-0.39, 0.29) is 23.9 Å². The van der Waals surface area contributed by atoms with E-state index in [1.165, 1.54) is 24.3 Å². The summed E-state index contributed by atoms with van der Waals surface area (Å²) in [6, 6.07) is 5.48. The number of carboxylic acid groups (broad SMARTS) is 2. The first-order chi connectivity index (χ1) is 7.04. The zero-order valence-electron chi connectivity index (χ0n) is 8.88. The van der Waals surface area contributed by atoms with Gasteiger partial charge in [0.05, 0.1) is 11.1 Å². The average molecular weight is 229 g/mol. The molecule has 0 atom stereocenters. The molecule has 1 rings (SSSR count). The van der Waals surface area contributed by atoms with Crippen LogP contribution in [-0.2, 0) is 0 Å². The van der Waals surface area contributed by atoms with Crippen LogP contribution in [0.2, 0.25) is 0 Å². The van der Waals surface area contributed by atoms with E-state index >= 15 is 0 Å². The van der Waals surface area contributed by atoms with Crippen LogP contribution in [0.4, 0.5) is 0 Å². The summed E-state index contributed by atoms with van der Waals surface area (Å²) in [5.41, 5.74) is -0.380. The molecule has 0 bridgehead atoms. The number of aliphatic hydroxyl groups excluding tert-OH is 1. The molecule has 6 N–H and O–H groups in total. The van der Waals surface area contributed by atoms with Crippen LogP contribution in [0.1, 0.15) is 27.6 Å². The number of aromatic carboxylic acids is 2. The van der Waals surface area contributed by atoms with Crippen LogP contribution in [0.3, 0.4) is 0 Å². The summed E-state index contributed by atoms with van der Waals surface area (Å²) in [6.45, 7) is 1.93. The fraction of sp³-hybridized carbons (Fsp3) is 0.200. The van der Waals surface area contributed by atoms with Crippen molar-refractivity contribution >= 4 is 11.9 Å². The number of hydrogen-bond donors (Lipinski definition) is 4. The van der Waals surface area contributed by atoms with Crippen molar-refractivity contribution in [2.75, 3.05) is 6.61 Å². The maximum absolute atomic E-state index is 10.5. The molecule has 0 spiro atoms. The number of aliphatic hydroxyl groups is 1. The summed E-state index contributed by atoms with van der Waals surface area (Å²) in [4.78, 5) is 20.9. The highest BCUT2D eigenvalue weighted by molar-refractivity contribution is 6.01. The Balaban J connectivity index is 0. The molecule has 0 saturated heterocycles. The quantitative estimate of drug-likeness (QED) is 0.603. The summed E-state index contributed by atoms with van der Waals surface area (Å²) >= 11 is 0. The molecule has 0 heterocycles.